The summed E-state index contributed by atoms with van der Waals surface area (Å²) >= 11 is 0. The number of methoxy groups -OCH3 is 1. The smallest absolute Gasteiger partial charge is 0.303 e. The topological polar surface area (TPSA) is 72.5 Å². The number of hydrogen-bond donors (Lipinski definition) is 2. The van der Waals surface area contributed by atoms with Crippen LogP contribution in [0.5, 0.6) is 0 Å². The molecule has 0 saturated carbocycles. The number of ether oxygens (including phenoxy) is 1. The van der Waals surface area contributed by atoms with Crippen molar-refractivity contribution in [3.63, 3.8) is 0 Å². The highest BCUT2D eigenvalue weighted by Crippen LogP contribution is 2.20. The van der Waals surface area contributed by atoms with Crippen LogP contribution in [0.15, 0.2) is 24.3 Å². The molecule has 0 spiro atoms. The van der Waals surface area contributed by atoms with Gasteiger partial charge in [0.1, 0.15) is 0 Å². The average Bonchev–Trinajstić information content (AvgIpc) is 2.43. The van der Waals surface area contributed by atoms with Gasteiger partial charge in [-0.05, 0) is 44.2 Å². The Morgan fingerprint density at radius 2 is 1.95 bits per heavy atom. The predicted octanol–water partition coefficient (Wildman–Crippen LogP) is 2.91. The number of carboxylic acid groups (broad SMARTS) is 1. The molecule has 0 bridgehead atoms. The van der Waals surface area contributed by atoms with Gasteiger partial charge in [0.25, 0.3) is 0 Å². The van der Waals surface area contributed by atoms with E-state index in [2.05, 4.69) is 26.0 Å². The van der Waals surface area contributed by atoms with E-state index in [-0.39, 0.29) is 18.1 Å². The number of benzene rings is 1. The summed E-state index contributed by atoms with van der Waals surface area (Å²) in [6, 6.07) is 7.88. The highest BCUT2D eigenvalue weighted by molar-refractivity contribution is 5.66. The molecular formula is C16H25NO3. The monoisotopic (exact) mass is 279 g/mol. The molecule has 0 aliphatic heterocycles. The molecule has 4 heteroatoms. The van der Waals surface area contributed by atoms with Crippen molar-refractivity contribution in [1.29, 1.82) is 0 Å². The van der Waals surface area contributed by atoms with E-state index in [0.717, 1.165) is 18.4 Å². The first-order valence-electron chi connectivity index (χ1n) is 6.95. The van der Waals surface area contributed by atoms with Crippen molar-refractivity contribution in [2.24, 2.45) is 5.73 Å². The number of carboxylic acids is 1. The quantitative estimate of drug-likeness (QED) is 0.767. The largest absolute Gasteiger partial charge is 0.481 e. The first-order valence-corrected chi connectivity index (χ1v) is 6.95. The summed E-state index contributed by atoms with van der Waals surface area (Å²) in [5.41, 5.74) is 8.09. The molecule has 1 aromatic rings. The molecule has 112 valence electrons. The number of nitrogens with two attached hydrogens (primary N) is 1. The summed E-state index contributed by atoms with van der Waals surface area (Å²) in [6.45, 7) is 4.15. The molecule has 3 N–H and O–H groups in total. The van der Waals surface area contributed by atoms with E-state index in [1.54, 1.807) is 7.11 Å². The zero-order valence-corrected chi connectivity index (χ0v) is 12.6. The van der Waals surface area contributed by atoms with Crippen LogP contribution in [0.1, 0.15) is 50.3 Å². The van der Waals surface area contributed by atoms with E-state index in [9.17, 15) is 4.79 Å². The number of rotatable bonds is 8. The lowest BCUT2D eigenvalue weighted by molar-refractivity contribution is -0.137. The zero-order valence-electron chi connectivity index (χ0n) is 12.6. The van der Waals surface area contributed by atoms with Gasteiger partial charge in [0, 0.05) is 19.6 Å². The Morgan fingerprint density at radius 1 is 1.35 bits per heavy atom. The van der Waals surface area contributed by atoms with Crippen LogP contribution in [-0.4, -0.2) is 23.8 Å². The molecule has 4 nitrogen and oxygen atoms in total. The number of hydrogen-bond acceptors (Lipinski definition) is 3. The maximum atomic E-state index is 10.5. The summed E-state index contributed by atoms with van der Waals surface area (Å²) in [7, 11) is 1.73. The fourth-order valence-corrected chi connectivity index (χ4v) is 1.92. The van der Waals surface area contributed by atoms with Gasteiger partial charge in [0.05, 0.1) is 5.60 Å². The minimum absolute atomic E-state index is 0.102. The normalized spacial score (nSPS) is 13.2. The maximum Gasteiger partial charge on any atom is 0.303 e. The van der Waals surface area contributed by atoms with Crippen molar-refractivity contribution in [3.05, 3.63) is 35.4 Å². The zero-order chi connectivity index (χ0) is 15.2. The Labute approximate surface area is 120 Å². The van der Waals surface area contributed by atoms with Crippen LogP contribution in [0, 0.1) is 0 Å². The lowest BCUT2D eigenvalue weighted by atomic mass is 9.96. The fraction of sp³-hybridized carbons (Fsp3) is 0.562. The van der Waals surface area contributed by atoms with Crippen LogP contribution in [-0.2, 0) is 16.0 Å². The molecule has 1 rings (SSSR count). The minimum atomic E-state index is -0.807. The molecule has 0 aliphatic rings. The van der Waals surface area contributed by atoms with E-state index in [1.807, 2.05) is 12.1 Å². The second-order valence-corrected chi connectivity index (χ2v) is 5.74. The lowest BCUT2D eigenvalue weighted by Crippen LogP contribution is -2.23. The third-order valence-corrected chi connectivity index (χ3v) is 3.65. The van der Waals surface area contributed by atoms with Crippen LogP contribution in [0.2, 0.25) is 0 Å². The summed E-state index contributed by atoms with van der Waals surface area (Å²) in [6.07, 6.45) is 2.47. The van der Waals surface area contributed by atoms with Crippen LogP contribution in [0.4, 0.5) is 0 Å². The second kappa shape index (κ2) is 7.41. The Morgan fingerprint density at radius 3 is 2.45 bits per heavy atom. The van der Waals surface area contributed by atoms with Crippen molar-refractivity contribution >= 4 is 5.97 Å². The molecule has 20 heavy (non-hydrogen) atoms. The molecule has 0 amide bonds. The Hall–Kier alpha value is -1.39. The third kappa shape index (κ3) is 5.72. The van der Waals surface area contributed by atoms with E-state index in [4.69, 9.17) is 15.6 Å². The number of carbonyl (C=O) groups is 1. The van der Waals surface area contributed by atoms with E-state index in [0.29, 0.717) is 6.42 Å². The first kappa shape index (κ1) is 16.7. The summed E-state index contributed by atoms with van der Waals surface area (Å²) in [5.74, 6) is -0.807. The van der Waals surface area contributed by atoms with Crippen LogP contribution >= 0.6 is 0 Å². The van der Waals surface area contributed by atoms with Gasteiger partial charge < -0.3 is 15.6 Å². The van der Waals surface area contributed by atoms with E-state index >= 15 is 0 Å². The first-order chi connectivity index (χ1) is 9.34. The maximum absolute atomic E-state index is 10.5. The summed E-state index contributed by atoms with van der Waals surface area (Å²) < 4.78 is 5.40. The predicted molar refractivity (Wildman–Crippen MR) is 79.6 cm³/mol. The molecule has 1 unspecified atom stereocenters. The van der Waals surface area contributed by atoms with Crippen molar-refractivity contribution < 1.29 is 14.6 Å². The standard InChI is InChI=1S/C16H25NO3/c1-16(2,20-3)11-10-12-4-6-13(7-5-12)14(17)8-9-15(18)19/h4-7,14H,8-11,17H2,1-3H3,(H,18,19). The third-order valence-electron chi connectivity index (χ3n) is 3.65. The van der Waals surface area contributed by atoms with Gasteiger partial charge in [0.15, 0.2) is 0 Å². The highest BCUT2D eigenvalue weighted by atomic mass is 16.5. The average molecular weight is 279 g/mol. The van der Waals surface area contributed by atoms with Gasteiger partial charge in [-0.15, -0.1) is 0 Å². The molecule has 0 aliphatic carbocycles. The highest BCUT2D eigenvalue weighted by Gasteiger charge is 2.16. The summed E-state index contributed by atoms with van der Waals surface area (Å²) in [4.78, 5) is 10.5. The van der Waals surface area contributed by atoms with Gasteiger partial charge in [-0.25, -0.2) is 0 Å². The van der Waals surface area contributed by atoms with Gasteiger partial charge in [0.2, 0.25) is 0 Å². The molecule has 0 aromatic heterocycles. The van der Waals surface area contributed by atoms with Crippen LogP contribution in [0.3, 0.4) is 0 Å². The Bertz CT molecular complexity index is 426. The molecule has 0 saturated heterocycles. The molecule has 1 atom stereocenters. The molecule has 0 heterocycles. The number of aryl methyl sites for hydroxylation is 1. The van der Waals surface area contributed by atoms with Crippen LogP contribution < -0.4 is 5.73 Å². The fourth-order valence-electron chi connectivity index (χ4n) is 1.92. The van der Waals surface area contributed by atoms with Crippen LogP contribution in [0.25, 0.3) is 0 Å². The van der Waals surface area contributed by atoms with Gasteiger partial charge in [-0.1, -0.05) is 24.3 Å². The molecule has 1 aromatic carbocycles. The second-order valence-electron chi connectivity index (χ2n) is 5.74. The van der Waals surface area contributed by atoms with Gasteiger partial charge >= 0.3 is 5.97 Å². The van der Waals surface area contributed by atoms with Crippen molar-refractivity contribution in [2.45, 2.75) is 51.2 Å². The van der Waals surface area contributed by atoms with Crippen molar-refractivity contribution in [1.82, 2.24) is 0 Å². The van der Waals surface area contributed by atoms with Gasteiger partial charge in [-0.2, -0.15) is 0 Å². The van der Waals surface area contributed by atoms with Crippen molar-refractivity contribution in [3.8, 4) is 0 Å². The molecule has 0 fully saturated rings. The molecular weight excluding hydrogens is 254 g/mol. The van der Waals surface area contributed by atoms with Gasteiger partial charge in [-0.3, -0.25) is 4.79 Å². The summed E-state index contributed by atoms with van der Waals surface area (Å²) in [5, 5.41) is 8.66. The van der Waals surface area contributed by atoms with Crippen molar-refractivity contribution in [2.75, 3.05) is 7.11 Å². The SMILES string of the molecule is COC(C)(C)CCc1ccc(C(N)CCC(=O)O)cc1. The van der Waals surface area contributed by atoms with E-state index in [1.165, 1.54) is 5.56 Å². The number of aliphatic carboxylic acids is 1. The Kier molecular flexibility index (Phi) is 6.17. The van der Waals surface area contributed by atoms with E-state index < -0.39 is 5.97 Å². The molecule has 0 radical (unpaired) electrons. The Balaban J connectivity index is 2.53. The minimum Gasteiger partial charge on any atom is -0.481 e. The lowest BCUT2D eigenvalue weighted by Gasteiger charge is -2.22.